The number of aryl methyl sites for hydroxylation is 1. The first-order chi connectivity index (χ1) is 8.74. The van der Waals surface area contributed by atoms with Crippen molar-refractivity contribution >= 4 is 0 Å². The Balaban J connectivity index is 2.05. The average molecular weight is 240 g/mol. The molecule has 0 aromatic heterocycles. The van der Waals surface area contributed by atoms with Gasteiger partial charge in [0.15, 0.2) is 0 Å². The van der Waals surface area contributed by atoms with Crippen LogP contribution in [0.4, 0.5) is 4.39 Å². The number of rotatable bonds is 1. The minimum absolute atomic E-state index is 0.138. The van der Waals surface area contributed by atoms with Gasteiger partial charge in [0.1, 0.15) is 5.82 Å². The molecule has 1 aliphatic rings. The van der Waals surface area contributed by atoms with Crippen LogP contribution >= 0.6 is 0 Å². The van der Waals surface area contributed by atoms with Gasteiger partial charge in [0.25, 0.3) is 0 Å². The smallest absolute Gasteiger partial charge is 0.131 e. The molecule has 1 atom stereocenters. The van der Waals surface area contributed by atoms with Crippen LogP contribution in [0, 0.1) is 11.7 Å². The maximum Gasteiger partial charge on any atom is 0.131 e. The Morgan fingerprint density at radius 2 is 1.89 bits per heavy atom. The fourth-order valence-corrected chi connectivity index (χ4v) is 2.80. The lowest BCUT2D eigenvalue weighted by Gasteiger charge is -2.22. The van der Waals surface area contributed by atoms with E-state index < -0.39 is 0 Å². The van der Waals surface area contributed by atoms with E-state index >= 15 is 0 Å². The molecule has 0 N–H and O–H groups in total. The largest absolute Gasteiger partial charge is 0.206 e. The zero-order valence-electron chi connectivity index (χ0n) is 10.6. The summed E-state index contributed by atoms with van der Waals surface area (Å²) >= 11 is 0. The Morgan fingerprint density at radius 1 is 1.06 bits per heavy atom. The first-order valence-corrected chi connectivity index (χ1v) is 6.61. The van der Waals surface area contributed by atoms with Crippen molar-refractivity contribution in [2.75, 3.05) is 0 Å². The van der Waals surface area contributed by atoms with E-state index in [1.807, 2.05) is 18.2 Å². The van der Waals surface area contributed by atoms with Gasteiger partial charge in [0.2, 0.25) is 0 Å². The first kappa shape index (κ1) is 11.5. The third kappa shape index (κ3) is 2.05. The van der Waals surface area contributed by atoms with Gasteiger partial charge in [-0.15, -0.1) is 0 Å². The predicted octanol–water partition coefficient (Wildman–Crippen LogP) is 4.62. The molecule has 0 saturated carbocycles. The summed E-state index contributed by atoms with van der Waals surface area (Å²) in [5, 5.41) is 0. The van der Waals surface area contributed by atoms with Gasteiger partial charge in [-0.3, -0.25) is 0 Å². The van der Waals surface area contributed by atoms with Crippen LogP contribution in [-0.2, 0) is 12.8 Å². The minimum Gasteiger partial charge on any atom is -0.206 e. The molecule has 18 heavy (non-hydrogen) atoms. The summed E-state index contributed by atoms with van der Waals surface area (Å²) in [6, 6.07) is 13.4. The Kier molecular flexibility index (Phi) is 2.91. The topological polar surface area (TPSA) is 0 Å². The third-order valence-electron chi connectivity index (χ3n) is 3.87. The molecule has 92 valence electrons. The second-order valence-electron chi connectivity index (χ2n) is 5.31. The fraction of sp³-hybridized carbons (Fsp3) is 0.294. The van der Waals surface area contributed by atoms with Gasteiger partial charge in [0.05, 0.1) is 0 Å². The van der Waals surface area contributed by atoms with Crippen LogP contribution in [0.1, 0.15) is 24.5 Å². The summed E-state index contributed by atoms with van der Waals surface area (Å²) in [4.78, 5) is 0. The monoisotopic (exact) mass is 240 g/mol. The van der Waals surface area contributed by atoms with Gasteiger partial charge >= 0.3 is 0 Å². The van der Waals surface area contributed by atoms with Gasteiger partial charge in [-0.05, 0) is 47.9 Å². The minimum atomic E-state index is -0.138. The zero-order chi connectivity index (χ0) is 12.5. The van der Waals surface area contributed by atoms with Gasteiger partial charge in [-0.25, -0.2) is 4.39 Å². The molecule has 0 bridgehead atoms. The standard InChI is InChI=1S/C17H17F/c1-12-6-7-13-8-9-14(11-15(13)10-12)16-4-2-3-5-17(16)18/h2-5,8-9,11-12H,6-7,10H2,1H3. The highest BCUT2D eigenvalue weighted by molar-refractivity contribution is 5.65. The van der Waals surface area contributed by atoms with Crippen LogP contribution < -0.4 is 0 Å². The van der Waals surface area contributed by atoms with E-state index in [9.17, 15) is 4.39 Å². The van der Waals surface area contributed by atoms with Crippen molar-refractivity contribution in [2.24, 2.45) is 5.92 Å². The van der Waals surface area contributed by atoms with E-state index in [0.29, 0.717) is 5.56 Å². The lowest BCUT2D eigenvalue weighted by molar-refractivity contribution is 0.501. The highest BCUT2D eigenvalue weighted by Crippen LogP contribution is 2.30. The van der Waals surface area contributed by atoms with Gasteiger partial charge in [-0.2, -0.15) is 0 Å². The molecule has 0 amide bonds. The van der Waals surface area contributed by atoms with Crippen molar-refractivity contribution in [1.29, 1.82) is 0 Å². The molecular formula is C17H17F. The average Bonchev–Trinajstić information content (AvgIpc) is 2.38. The van der Waals surface area contributed by atoms with Crippen LogP contribution in [0.2, 0.25) is 0 Å². The molecule has 1 unspecified atom stereocenters. The summed E-state index contributed by atoms with van der Waals surface area (Å²) in [7, 11) is 0. The maximum atomic E-state index is 13.8. The second kappa shape index (κ2) is 4.56. The normalized spacial score (nSPS) is 18.4. The molecule has 0 nitrogen and oxygen atoms in total. The van der Waals surface area contributed by atoms with E-state index in [0.717, 1.165) is 24.3 Å². The fourth-order valence-electron chi connectivity index (χ4n) is 2.80. The number of hydrogen-bond donors (Lipinski definition) is 0. The van der Waals surface area contributed by atoms with Crippen LogP contribution in [-0.4, -0.2) is 0 Å². The molecule has 2 aromatic carbocycles. The molecular weight excluding hydrogens is 223 g/mol. The van der Waals surface area contributed by atoms with Crippen molar-refractivity contribution in [3.63, 3.8) is 0 Å². The predicted molar refractivity (Wildman–Crippen MR) is 73.0 cm³/mol. The highest BCUT2D eigenvalue weighted by atomic mass is 19.1. The number of halogens is 1. The summed E-state index contributed by atoms with van der Waals surface area (Å²) in [5.41, 5.74) is 4.54. The number of hydrogen-bond acceptors (Lipinski definition) is 0. The molecule has 0 aliphatic heterocycles. The number of benzene rings is 2. The molecule has 0 heterocycles. The van der Waals surface area contributed by atoms with Crippen molar-refractivity contribution < 1.29 is 4.39 Å². The van der Waals surface area contributed by atoms with Gasteiger partial charge < -0.3 is 0 Å². The van der Waals surface area contributed by atoms with Crippen molar-refractivity contribution in [2.45, 2.75) is 26.2 Å². The van der Waals surface area contributed by atoms with Crippen molar-refractivity contribution in [1.82, 2.24) is 0 Å². The van der Waals surface area contributed by atoms with Crippen LogP contribution in [0.25, 0.3) is 11.1 Å². The Morgan fingerprint density at radius 3 is 2.72 bits per heavy atom. The lowest BCUT2D eigenvalue weighted by atomic mass is 9.83. The lowest BCUT2D eigenvalue weighted by Crippen LogP contribution is -2.11. The maximum absolute atomic E-state index is 13.8. The molecule has 0 fully saturated rings. The van der Waals surface area contributed by atoms with Crippen LogP contribution in [0.15, 0.2) is 42.5 Å². The summed E-state index contributed by atoms with van der Waals surface area (Å²) in [6.07, 6.45) is 3.55. The molecule has 1 heteroatoms. The highest BCUT2D eigenvalue weighted by Gasteiger charge is 2.16. The number of fused-ring (bicyclic) bond motifs is 1. The first-order valence-electron chi connectivity index (χ1n) is 6.61. The van der Waals surface area contributed by atoms with Gasteiger partial charge in [-0.1, -0.05) is 43.3 Å². The van der Waals surface area contributed by atoms with E-state index in [-0.39, 0.29) is 5.82 Å². The molecule has 1 aliphatic carbocycles. The van der Waals surface area contributed by atoms with Crippen molar-refractivity contribution in [3.05, 3.63) is 59.4 Å². The molecule has 0 spiro atoms. The molecule has 3 rings (SSSR count). The quantitative estimate of drug-likeness (QED) is 0.682. The Bertz CT molecular complexity index is 572. The Labute approximate surface area is 107 Å². The molecule has 2 aromatic rings. The summed E-state index contributed by atoms with van der Waals surface area (Å²) < 4.78 is 13.8. The summed E-state index contributed by atoms with van der Waals surface area (Å²) in [6.45, 7) is 2.29. The van der Waals surface area contributed by atoms with Crippen LogP contribution in [0.3, 0.4) is 0 Å². The molecule has 0 saturated heterocycles. The van der Waals surface area contributed by atoms with E-state index in [1.165, 1.54) is 23.6 Å². The van der Waals surface area contributed by atoms with E-state index in [1.54, 1.807) is 6.07 Å². The Hall–Kier alpha value is -1.63. The van der Waals surface area contributed by atoms with Crippen LogP contribution in [0.5, 0.6) is 0 Å². The van der Waals surface area contributed by atoms with E-state index in [2.05, 4.69) is 19.1 Å². The molecule has 0 radical (unpaired) electrons. The van der Waals surface area contributed by atoms with Crippen molar-refractivity contribution in [3.8, 4) is 11.1 Å². The zero-order valence-corrected chi connectivity index (χ0v) is 10.6. The summed E-state index contributed by atoms with van der Waals surface area (Å²) in [5.74, 6) is 0.606. The second-order valence-corrected chi connectivity index (χ2v) is 5.31. The van der Waals surface area contributed by atoms with E-state index in [4.69, 9.17) is 0 Å². The third-order valence-corrected chi connectivity index (χ3v) is 3.87. The van der Waals surface area contributed by atoms with Gasteiger partial charge in [0, 0.05) is 5.56 Å². The SMILES string of the molecule is CC1CCc2ccc(-c3ccccc3F)cc2C1.